The van der Waals surface area contributed by atoms with E-state index < -0.39 is 71.6 Å². The molecule has 0 saturated carbocycles. The molecule has 0 bridgehead atoms. The molecule has 1 aromatic carbocycles. The number of hydrogen-bond donors (Lipinski definition) is 2. The van der Waals surface area contributed by atoms with Crippen LogP contribution in [0.2, 0.25) is 0 Å². The van der Waals surface area contributed by atoms with Crippen LogP contribution in [-0.4, -0.2) is 65.2 Å². The third-order valence-electron chi connectivity index (χ3n) is 5.13. The Labute approximate surface area is 204 Å². The number of allylic oxidation sites excluding steroid dienone is 1. The Morgan fingerprint density at radius 2 is 2.00 bits per heavy atom. The number of halogens is 3. The molecule has 0 radical (unpaired) electrons. The van der Waals surface area contributed by atoms with Crippen LogP contribution >= 0.6 is 0 Å². The van der Waals surface area contributed by atoms with Crippen molar-refractivity contribution in [2.45, 2.75) is 38.9 Å². The lowest BCUT2D eigenvalue weighted by atomic mass is 10.1. The number of ketones is 1. The van der Waals surface area contributed by atoms with Crippen LogP contribution in [0.4, 0.5) is 34.1 Å². The Morgan fingerprint density at radius 3 is 2.58 bits per heavy atom. The average Bonchev–Trinajstić information content (AvgIpc) is 3.14. The number of carbonyl (C=O) groups excluding carboxylic acids is 3. The Balaban J connectivity index is 1.84. The van der Waals surface area contributed by atoms with Crippen LogP contribution in [0.5, 0.6) is 0 Å². The van der Waals surface area contributed by atoms with Crippen molar-refractivity contribution in [1.82, 2.24) is 4.90 Å². The lowest BCUT2D eigenvalue weighted by Crippen LogP contribution is -2.44. The second-order valence-electron chi connectivity index (χ2n) is 8.99. The number of anilines is 2. The third kappa shape index (κ3) is 5.78. The van der Waals surface area contributed by atoms with E-state index in [0.717, 1.165) is 28.2 Å². The fraction of sp³-hybridized carbons (Fsp3) is 0.391. The summed E-state index contributed by atoms with van der Waals surface area (Å²) in [5, 5.41) is 16.9. The third-order valence-corrected chi connectivity index (χ3v) is 5.13. The van der Waals surface area contributed by atoms with Crippen LogP contribution in [0, 0.1) is 22.9 Å². The first-order chi connectivity index (χ1) is 16.8. The highest BCUT2D eigenvalue weighted by molar-refractivity contribution is 6.00. The molecule has 2 amide bonds. The highest BCUT2D eigenvalue weighted by atomic mass is 19.2. The molecule has 10 nitrogen and oxygen atoms in total. The molecular formula is C23H25F3N4O6. The maximum absolute atomic E-state index is 15.0. The van der Waals surface area contributed by atoms with Crippen molar-refractivity contribution in [1.29, 1.82) is 5.41 Å². The Hall–Kier alpha value is -4.03. The van der Waals surface area contributed by atoms with E-state index in [1.54, 1.807) is 20.8 Å². The number of ether oxygens (including phenoxy) is 2. The maximum atomic E-state index is 15.0. The topological polar surface area (TPSA) is 123 Å². The van der Waals surface area contributed by atoms with Crippen molar-refractivity contribution in [3.63, 3.8) is 0 Å². The zero-order chi connectivity index (χ0) is 26.8. The molecule has 1 fully saturated rings. The van der Waals surface area contributed by atoms with E-state index in [9.17, 15) is 27.6 Å². The molecule has 2 aliphatic rings. The number of nitrogens with one attached hydrogen (secondary N) is 1. The highest BCUT2D eigenvalue weighted by Gasteiger charge is 2.39. The Bertz CT molecular complexity index is 1150. The van der Waals surface area contributed by atoms with Gasteiger partial charge in [-0.2, -0.15) is 0 Å². The summed E-state index contributed by atoms with van der Waals surface area (Å²) in [6.45, 7) is 3.92. The van der Waals surface area contributed by atoms with E-state index in [2.05, 4.69) is 0 Å². The molecule has 0 spiro atoms. The SMILES string of the molecule is CC(C)(C)OC(=O)N(CC1CN(c2cc(F)c(N3C=CC(=O)CC3)c(F)c2F)C(=O)O1)C(=N)/C=C\O. The van der Waals surface area contributed by atoms with Crippen LogP contribution in [0.1, 0.15) is 27.2 Å². The summed E-state index contributed by atoms with van der Waals surface area (Å²) in [7, 11) is 0. The van der Waals surface area contributed by atoms with Crippen LogP contribution in [0.3, 0.4) is 0 Å². The molecule has 1 unspecified atom stereocenters. The van der Waals surface area contributed by atoms with Gasteiger partial charge in [-0.05, 0) is 26.8 Å². The number of cyclic esters (lactones) is 1. The lowest BCUT2D eigenvalue weighted by molar-refractivity contribution is -0.114. The van der Waals surface area contributed by atoms with E-state index >= 15 is 0 Å². The van der Waals surface area contributed by atoms with Crippen molar-refractivity contribution < 1.29 is 42.1 Å². The summed E-state index contributed by atoms with van der Waals surface area (Å²) >= 11 is 0. The fourth-order valence-electron chi connectivity index (χ4n) is 3.55. The molecular weight excluding hydrogens is 485 g/mol. The van der Waals surface area contributed by atoms with Gasteiger partial charge in [0.15, 0.2) is 23.2 Å². The maximum Gasteiger partial charge on any atom is 0.416 e. The quantitative estimate of drug-likeness (QED) is 0.266. The molecule has 194 valence electrons. The zero-order valence-corrected chi connectivity index (χ0v) is 19.8. The number of amidine groups is 1. The summed E-state index contributed by atoms with van der Waals surface area (Å²) in [5.74, 6) is -4.94. The number of amides is 2. The van der Waals surface area contributed by atoms with Gasteiger partial charge in [0, 0.05) is 31.3 Å². The molecule has 2 aliphatic heterocycles. The van der Waals surface area contributed by atoms with E-state index in [1.165, 1.54) is 0 Å². The monoisotopic (exact) mass is 510 g/mol. The molecule has 13 heteroatoms. The van der Waals surface area contributed by atoms with Crippen molar-refractivity contribution in [3.8, 4) is 0 Å². The van der Waals surface area contributed by atoms with Gasteiger partial charge >= 0.3 is 12.2 Å². The zero-order valence-electron chi connectivity index (χ0n) is 19.8. The van der Waals surface area contributed by atoms with Crippen molar-refractivity contribution >= 4 is 35.2 Å². The van der Waals surface area contributed by atoms with Gasteiger partial charge in [-0.15, -0.1) is 0 Å². The van der Waals surface area contributed by atoms with E-state index in [4.69, 9.17) is 20.0 Å². The molecule has 1 aromatic rings. The van der Waals surface area contributed by atoms with Gasteiger partial charge in [-0.3, -0.25) is 20.0 Å². The highest BCUT2D eigenvalue weighted by Crippen LogP contribution is 2.35. The number of carbonyl (C=O) groups is 3. The second kappa shape index (κ2) is 10.3. The van der Waals surface area contributed by atoms with Gasteiger partial charge in [0.25, 0.3) is 0 Å². The first kappa shape index (κ1) is 26.6. The molecule has 36 heavy (non-hydrogen) atoms. The number of rotatable bonds is 5. The summed E-state index contributed by atoms with van der Waals surface area (Å²) in [5.41, 5.74) is -2.34. The number of aliphatic hydroxyl groups excluding tert-OH is 1. The predicted molar refractivity (Wildman–Crippen MR) is 122 cm³/mol. The number of hydrogen-bond acceptors (Lipinski definition) is 8. The number of benzene rings is 1. The Morgan fingerprint density at radius 1 is 1.31 bits per heavy atom. The van der Waals surface area contributed by atoms with Crippen molar-refractivity contribution in [3.05, 3.63) is 48.1 Å². The van der Waals surface area contributed by atoms with Crippen LogP contribution < -0.4 is 9.80 Å². The van der Waals surface area contributed by atoms with Crippen molar-refractivity contribution in [2.24, 2.45) is 0 Å². The minimum Gasteiger partial charge on any atom is -0.515 e. The van der Waals surface area contributed by atoms with Gasteiger partial charge in [0.2, 0.25) is 0 Å². The number of nitrogens with zero attached hydrogens (tertiary/aromatic N) is 3. The van der Waals surface area contributed by atoms with Gasteiger partial charge < -0.3 is 19.5 Å². The molecule has 3 rings (SSSR count). The summed E-state index contributed by atoms with van der Waals surface area (Å²) in [6.07, 6.45) is 0.464. The predicted octanol–water partition coefficient (Wildman–Crippen LogP) is 4.01. The second-order valence-corrected chi connectivity index (χ2v) is 8.99. The smallest absolute Gasteiger partial charge is 0.416 e. The average molecular weight is 510 g/mol. The summed E-state index contributed by atoms with van der Waals surface area (Å²) < 4.78 is 55.0. The largest absolute Gasteiger partial charge is 0.515 e. The lowest BCUT2D eigenvalue weighted by Gasteiger charge is -2.28. The molecule has 1 saturated heterocycles. The van der Waals surface area contributed by atoms with Gasteiger partial charge in [-0.25, -0.2) is 22.8 Å². The van der Waals surface area contributed by atoms with Crippen LogP contribution in [0.15, 0.2) is 30.7 Å². The molecule has 2 heterocycles. The Kier molecular flexibility index (Phi) is 7.60. The standard InChI is InChI=1S/C23H25F3N4O6/c1-23(2,3)36-22(34)30(17(27)6-9-31)12-14-11-29(21(33)35-14)16-10-15(24)20(19(26)18(16)25)28-7-4-13(32)5-8-28/h4,6-7,9-10,14,27,31H,5,8,11-12H2,1-3H3/b9-6-,27-17?. The molecule has 0 aliphatic carbocycles. The van der Waals surface area contributed by atoms with Crippen LogP contribution in [-0.2, 0) is 14.3 Å². The fourth-order valence-corrected chi connectivity index (χ4v) is 3.55. The molecule has 0 aromatic heterocycles. The van der Waals surface area contributed by atoms with Crippen LogP contribution in [0.25, 0.3) is 0 Å². The van der Waals surface area contributed by atoms with Gasteiger partial charge in [-0.1, -0.05) is 0 Å². The van der Waals surface area contributed by atoms with E-state index in [-0.39, 0.29) is 18.7 Å². The van der Waals surface area contributed by atoms with E-state index in [1.807, 2.05) is 0 Å². The molecule has 1 atom stereocenters. The number of aliphatic hydroxyl groups is 1. The van der Waals surface area contributed by atoms with Gasteiger partial charge in [0.05, 0.1) is 25.0 Å². The first-order valence-corrected chi connectivity index (χ1v) is 10.9. The van der Waals surface area contributed by atoms with Gasteiger partial charge in [0.1, 0.15) is 23.2 Å². The summed E-state index contributed by atoms with van der Waals surface area (Å²) in [4.78, 5) is 38.9. The van der Waals surface area contributed by atoms with Crippen molar-refractivity contribution in [2.75, 3.05) is 29.4 Å². The molecule has 2 N–H and O–H groups in total. The normalized spacial score (nSPS) is 18.1. The summed E-state index contributed by atoms with van der Waals surface area (Å²) in [6, 6.07) is 0.643. The van der Waals surface area contributed by atoms with E-state index in [0.29, 0.717) is 17.2 Å². The first-order valence-electron chi connectivity index (χ1n) is 10.9. The minimum absolute atomic E-state index is 0.00644. The minimum atomic E-state index is -1.55.